The normalized spacial score (nSPS) is 12.2. The second-order valence-corrected chi connectivity index (χ2v) is 14.7. The summed E-state index contributed by atoms with van der Waals surface area (Å²) in [5, 5.41) is 10.8. The molecule has 0 aliphatic rings. The topological polar surface area (TPSA) is 134 Å². The first-order valence-corrected chi connectivity index (χ1v) is 18.0. The molecule has 0 bridgehead atoms. The van der Waals surface area contributed by atoms with E-state index in [1.54, 1.807) is 12.1 Å². The highest BCUT2D eigenvalue weighted by molar-refractivity contribution is 7.89. The zero-order valence-electron chi connectivity index (χ0n) is 25.8. The molecule has 11 heteroatoms. The molecule has 0 amide bonds. The van der Waals surface area contributed by atoms with Crippen LogP contribution in [-0.2, 0) is 26.6 Å². The van der Waals surface area contributed by atoms with Crippen molar-refractivity contribution < 1.29 is 26.7 Å². The summed E-state index contributed by atoms with van der Waals surface area (Å²) in [5.74, 6) is -1.34. The fourth-order valence-corrected chi connectivity index (χ4v) is 7.79. The van der Waals surface area contributed by atoms with Crippen molar-refractivity contribution in [3.05, 3.63) is 137 Å². The number of aryl methyl sites for hydroxylation is 1. The number of carbonyl (C=O) groups is 1. The van der Waals surface area contributed by atoms with Gasteiger partial charge < -0.3 is 5.11 Å². The van der Waals surface area contributed by atoms with Crippen LogP contribution >= 0.6 is 0 Å². The van der Waals surface area contributed by atoms with E-state index in [2.05, 4.69) is 9.71 Å². The summed E-state index contributed by atoms with van der Waals surface area (Å²) < 4.78 is 57.0. The molecule has 9 nitrogen and oxygen atoms in total. The number of benzene rings is 4. The van der Waals surface area contributed by atoms with Gasteiger partial charge in [0.05, 0.1) is 26.6 Å². The van der Waals surface area contributed by atoms with Crippen molar-refractivity contribution in [3.63, 3.8) is 0 Å². The van der Waals surface area contributed by atoms with Crippen LogP contribution in [0.25, 0.3) is 23.1 Å². The Morgan fingerprint density at radius 2 is 1.57 bits per heavy atom. The molecule has 5 rings (SSSR count). The quantitative estimate of drug-likeness (QED) is 0.131. The number of nitrogens with one attached hydrogen (secondary N) is 1. The Kier molecular flexibility index (Phi) is 10.6. The van der Waals surface area contributed by atoms with Crippen molar-refractivity contribution in [2.75, 3.05) is 13.1 Å². The Balaban J connectivity index is 1.33. The number of para-hydroxylation sites is 1. The molecule has 1 heterocycles. The van der Waals surface area contributed by atoms with E-state index in [0.717, 1.165) is 27.7 Å². The number of pyridine rings is 1. The van der Waals surface area contributed by atoms with E-state index in [-0.39, 0.29) is 35.0 Å². The number of carboxylic acid groups (broad SMARTS) is 1. The van der Waals surface area contributed by atoms with Crippen LogP contribution in [0, 0.1) is 6.92 Å². The lowest BCUT2D eigenvalue weighted by atomic mass is 10.1. The monoisotopic (exact) mass is 669 g/mol. The van der Waals surface area contributed by atoms with Gasteiger partial charge >= 0.3 is 5.97 Å². The molecule has 0 radical (unpaired) electrons. The van der Waals surface area contributed by atoms with Gasteiger partial charge in [0.15, 0.2) is 0 Å². The van der Waals surface area contributed by atoms with E-state index in [9.17, 15) is 26.7 Å². The zero-order chi connectivity index (χ0) is 33.4. The summed E-state index contributed by atoms with van der Waals surface area (Å²) in [6, 6.07) is 31.2. The second kappa shape index (κ2) is 14.8. The van der Waals surface area contributed by atoms with Gasteiger partial charge in [-0.2, -0.15) is 4.31 Å². The maximum Gasteiger partial charge on any atom is 0.337 e. The molecule has 2 N–H and O–H groups in total. The van der Waals surface area contributed by atoms with Gasteiger partial charge in [0.25, 0.3) is 0 Å². The van der Waals surface area contributed by atoms with E-state index >= 15 is 0 Å². The summed E-state index contributed by atoms with van der Waals surface area (Å²) in [7, 11) is -7.95. The number of hydrogen-bond donors (Lipinski definition) is 2. The van der Waals surface area contributed by atoms with Gasteiger partial charge in [-0.1, -0.05) is 84.4 Å². The molecule has 0 saturated heterocycles. The highest BCUT2D eigenvalue weighted by Gasteiger charge is 2.29. The fraction of sp³-hybridized carbons (Fsp3) is 0.167. The zero-order valence-corrected chi connectivity index (χ0v) is 27.4. The van der Waals surface area contributed by atoms with Crippen LogP contribution in [0.2, 0.25) is 0 Å². The second-order valence-electron chi connectivity index (χ2n) is 11.1. The van der Waals surface area contributed by atoms with E-state index < -0.39 is 26.0 Å². The van der Waals surface area contributed by atoms with Gasteiger partial charge in [-0.3, -0.25) is 0 Å². The third-order valence-corrected chi connectivity index (χ3v) is 10.9. The van der Waals surface area contributed by atoms with E-state index in [4.69, 9.17) is 0 Å². The van der Waals surface area contributed by atoms with Crippen molar-refractivity contribution in [1.82, 2.24) is 14.0 Å². The molecular formula is C36H35N3O6S2. The first kappa shape index (κ1) is 33.7. The van der Waals surface area contributed by atoms with Crippen LogP contribution < -0.4 is 4.72 Å². The minimum atomic E-state index is -4.24. The molecule has 0 unspecified atom stereocenters. The Bertz CT molecular complexity index is 2130. The summed E-state index contributed by atoms with van der Waals surface area (Å²) in [4.78, 5) is 16.4. The van der Waals surface area contributed by atoms with Crippen molar-refractivity contribution in [1.29, 1.82) is 0 Å². The number of fused-ring (bicyclic) bond motifs is 1. The van der Waals surface area contributed by atoms with Crippen LogP contribution in [0.3, 0.4) is 0 Å². The third-order valence-electron chi connectivity index (χ3n) is 7.57. The number of sulfonamides is 2. The van der Waals surface area contributed by atoms with Gasteiger partial charge in [0.1, 0.15) is 0 Å². The van der Waals surface area contributed by atoms with Crippen LogP contribution in [-0.4, -0.2) is 50.3 Å². The number of rotatable bonds is 14. The lowest BCUT2D eigenvalue weighted by Gasteiger charge is -2.23. The number of nitrogens with zero attached hydrogens (tertiary/aromatic N) is 2. The third kappa shape index (κ3) is 8.57. The summed E-state index contributed by atoms with van der Waals surface area (Å²) in [5.41, 5.74) is 3.83. The minimum absolute atomic E-state index is 0.0126. The van der Waals surface area contributed by atoms with Gasteiger partial charge in [0.2, 0.25) is 20.0 Å². The number of carboxylic acids is 1. The minimum Gasteiger partial charge on any atom is -0.478 e. The Morgan fingerprint density at radius 3 is 2.36 bits per heavy atom. The standard InChI is InChI=1S/C36H35N3O6S2/c1-27-15-21-32(22-16-27)46(42,43)37-23-6-7-24-39(47(44,45)35-14-5-3-12-33(35)36(40)41)26-29-10-8-9-28(25-29)17-19-31-20-18-30-11-2-4-13-34(30)38-31/h2-5,8-22,25,37H,6-7,23-24,26H2,1H3,(H,40,41)/b19-17+. The van der Waals surface area contributed by atoms with E-state index in [1.807, 2.05) is 79.7 Å². The van der Waals surface area contributed by atoms with Gasteiger partial charge in [0, 0.05) is 25.0 Å². The Labute approximate surface area is 275 Å². The highest BCUT2D eigenvalue weighted by atomic mass is 32.2. The van der Waals surface area contributed by atoms with E-state index in [0.29, 0.717) is 18.4 Å². The summed E-state index contributed by atoms with van der Waals surface area (Å²) in [6.07, 6.45) is 4.48. The molecule has 0 aliphatic carbocycles. The lowest BCUT2D eigenvalue weighted by Crippen LogP contribution is -2.33. The van der Waals surface area contributed by atoms with Crippen LogP contribution in [0.1, 0.15) is 45.6 Å². The Morgan fingerprint density at radius 1 is 0.830 bits per heavy atom. The van der Waals surface area contributed by atoms with Crippen LogP contribution in [0.5, 0.6) is 0 Å². The lowest BCUT2D eigenvalue weighted by molar-refractivity contribution is 0.0692. The average Bonchev–Trinajstić information content (AvgIpc) is 3.07. The van der Waals surface area contributed by atoms with Gasteiger partial charge in [-0.25, -0.2) is 31.3 Å². The maximum atomic E-state index is 13.9. The smallest absolute Gasteiger partial charge is 0.337 e. The summed E-state index contributed by atoms with van der Waals surface area (Å²) in [6.45, 7) is 2.01. The molecule has 0 saturated carbocycles. The number of unbranched alkanes of at least 4 members (excludes halogenated alkanes) is 1. The molecule has 47 heavy (non-hydrogen) atoms. The van der Waals surface area contributed by atoms with Gasteiger partial charge in [-0.05, 0) is 73.4 Å². The SMILES string of the molecule is Cc1ccc(S(=O)(=O)NCCCCN(Cc2cccc(/C=C/c3ccc4ccccc4n3)c2)S(=O)(=O)c2ccccc2C(=O)O)cc1. The van der Waals surface area contributed by atoms with Crippen molar-refractivity contribution in [2.45, 2.75) is 36.1 Å². The van der Waals surface area contributed by atoms with Crippen molar-refractivity contribution in [3.8, 4) is 0 Å². The van der Waals surface area contributed by atoms with Crippen molar-refractivity contribution >= 4 is 49.1 Å². The Hall–Kier alpha value is -4.68. The first-order valence-electron chi connectivity index (χ1n) is 15.0. The average molecular weight is 670 g/mol. The fourth-order valence-electron chi connectivity index (χ4n) is 5.07. The molecule has 242 valence electrons. The number of aromatic carboxylic acids is 1. The largest absolute Gasteiger partial charge is 0.478 e. The molecule has 0 fully saturated rings. The maximum absolute atomic E-state index is 13.9. The molecule has 1 aromatic heterocycles. The molecule has 0 atom stereocenters. The molecule has 0 spiro atoms. The van der Waals surface area contributed by atoms with E-state index in [1.165, 1.54) is 40.7 Å². The molecule has 0 aliphatic heterocycles. The number of hydrogen-bond acceptors (Lipinski definition) is 6. The predicted octanol–water partition coefficient (Wildman–Crippen LogP) is 6.36. The summed E-state index contributed by atoms with van der Waals surface area (Å²) >= 11 is 0. The molecule has 4 aromatic carbocycles. The molecular weight excluding hydrogens is 635 g/mol. The van der Waals surface area contributed by atoms with Crippen LogP contribution in [0.15, 0.2) is 119 Å². The van der Waals surface area contributed by atoms with Crippen LogP contribution in [0.4, 0.5) is 0 Å². The predicted molar refractivity (Wildman–Crippen MR) is 184 cm³/mol. The molecule has 5 aromatic rings. The number of aromatic nitrogens is 1. The van der Waals surface area contributed by atoms with Crippen molar-refractivity contribution in [2.24, 2.45) is 0 Å². The van der Waals surface area contributed by atoms with Gasteiger partial charge in [-0.15, -0.1) is 0 Å². The first-order chi connectivity index (χ1) is 22.5. The highest BCUT2D eigenvalue weighted by Crippen LogP contribution is 2.24.